The van der Waals surface area contributed by atoms with Crippen molar-refractivity contribution in [2.24, 2.45) is 10.2 Å². The molecule has 1 saturated heterocycles. The first-order valence-electron chi connectivity index (χ1n) is 6.59. The Labute approximate surface area is 125 Å². The predicted octanol–water partition coefficient (Wildman–Crippen LogP) is 4.07. The number of nitrogens with zero attached hydrogens (tertiary/aromatic N) is 5. The lowest BCUT2D eigenvalue weighted by molar-refractivity contribution is -0.379. The van der Waals surface area contributed by atoms with Gasteiger partial charge in [0.15, 0.2) is 0 Å². The van der Waals surface area contributed by atoms with Crippen molar-refractivity contribution in [3.63, 3.8) is 0 Å². The van der Waals surface area contributed by atoms with Gasteiger partial charge in [0, 0.05) is 13.1 Å². The highest BCUT2D eigenvalue weighted by Crippen LogP contribution is 2.35. The van der Waals surface area contributed by atoms with E-state index in [1.54, 1.807) is 0 Å². The standard InChI is InChI=1S/C13H13N5O2S/c19-18(20)13-12(14-9-21-13)16-15-10-5-1-2-6-11(10)17-7-3-4-8-17/h1-2,5-6,9H,3-4,7-8H2. The van der Waals surface area contributed by atoms with Gasteiger partial charge in [0.2, 0.25) is 0 Å². The first kappa shape index (κ1) is 13.6. The van der Waals surface area contributed by atoms with Crippen molar-refractivity contribution in [1.82, 2.24) is 4.98 Å². The Bertz CT molecular complexity index is 679. The molecule has 0 radical (unpaired) electrons. The molecule has 0 atom stereocenters. The molecule has 1 fully saturated rings. The summed E-state index contributed by atoms with van der Waals surface area (Å²) in [7, 11) is 0. The smallest absolute Gasteiger partial charge is 0.370 e. The molecule has 0 N–H and O–H groups in total. The van der Waals surface area contributed by atoms with Gasteiger partial charge in [-0.05, 0) is 36.3 Å². The number of rotatable bonds is 4. The molecule has 3 rings (SSSR count). The number of hydrogen-bond acceptors (Lipinski definition) is 7. The fourth-order valence-corrected chi connectivity index (χ4v) is 2.84. The van der Waals surface area contributed by atoms with Crippen LogP contribution in [0.1, 0.15) is 12.8 Å². The monoisotopic (exact) mass is 303 g/mol. The van der Waals surface area contributed by atoms with Crippen LogP contribution in [0.15, 0.2) is 40.0 Å². The Balaban J connectivity index is 1.89. The highest BCUT2D eigenvalue weighted by atomic mass is 32.1. The van der Waals surface area contributed by atoms with Crippen LogP contribution in [-0.2, 0) is 0 Å². The molecule has 2 aromatic rings. The fourth-order valence-electron chi connectivity index (χ4n) is 2.30. The second-order valence-electron chi connectivity index (χ2n) is 4.62. The van der Waals surface area contributed by atoms with Gasteiger partial charge in [-0.2, -0.15) is 0 Å². The first-order chi connectivity index (χ1) is 10.3. The van der Waals surface area contributed by atoms with Crippen LogP contribution < -0.4 is 4.90 Å². The quantitative estimate of drug-likeness (QED) is 0.484. The van der Waals surface area contributed by atoms with E-state index >= 15 is 0 Å². The van der Waals surface area contributed by atoms with Gasteiger partial charge in [-0.15, -0.1) is 10.2 Å². The van der Waals surface area contributed by atoms with E-state index in [0.717, 1.165) is 30.1 Å². The molecule has 0 spiro atoms. The molecular weight excluding hydrogens is 290 g/mol. The van der Waals surface area contributed by atoms with Crippen LogP contribution in [0, 0.1) is 10.1 Å². The van der Waals surface area contributed by atoms with E-state index in [1.165, 1.54) is 18.4 Å². The van der Waals surface area contributed by atoms with E-state index in [4.69, 9.17) is 0 Å². The number of thiazole rings is 1. The van der Waals surface area contributed by atoms with Crippen LogP contribution in [0.4, 0.5) is 22.2 Å². The van der Waals surface area contributed by atoms with Gasteiger partial charge in [0.1, 0.15) is 5.69 Å². The molecule has 8 heteroatoms. The zero-order valence-corrected chi connectivity index (χ0v) is 12.0. The molecule has 0 saturated carbocycles. The second-order valence-corrected chi connectivity index (χ2v) is 5.45. The van der Waals surface area contributed by atoms with E-state index in [9.17, 15) is 10.1 Å². The Morgan fingerprint density at radius 1 is 1.24 bits per heavy atom. The highest BCUT2D eigenvalue weighted by Gasteiger charge is 2.18. The van der Waals surface area contributed by atoms with Crippen molar-refractivity contribution >= 4 is 33.5 Å². The van der Waals surface area contributed by atoms with Crippen molar-refractivity contribution < 1.29 is 4.92 Å². The van der Waals surface area contributed by atoms with Crippen LogP contribution in [0.25, 0.3) is 0 Å². The molecule has 0 aliphatic carbocycles. The van der Waals surface area contributed by atoms with Gasteiger partial charge in [-0.3, -0.25) is 10.1 Å². The number of aromatic nitrogens is 1. The first-order valence-corrected chi connectivity index (χ1v) is 7.47. The minimum Gasteiger partial charge on any atom is -0.370 e. The van der Waals surface area contributed by atoms with E-state index in [-0.39, 0.29) is 10.8 Å². The van der Waals surface area contributed by atoms with Gasteiger partial charge in [-0.1, -0.05) is 12.1 Å². The second kappa shape index (κ2) is 5.96. The summed E-state index contributed by atoms with van der Waals surface area (Å²) >= 11 is 0.948. The Hall–Kier alpha value is -2.35. The molecular formula is C13H13N5O2S. The predicted molar refractivity (Wildman–Crippen MR) is 80.8 cm³/mol. The Morgan fingerprint density at radius 2 is 2.00 bits per heavy atom. The van der Waals surface area contributed by atoms with Crippen LogP contribution in [0.5, 0.6) is 0 Å². The molecule has 1 aromatic carbocycles. The molecule has 1 aliphatic heterocycles. The lowest BCUT2D eigenvalue weighted by Gasteiger charge is -2.18. The molecule has 0 amide bonds. The largest absolute Gasteiger partial charge is 0.371 e. The van der Waals surface area contributed by atoms with E-state index in [1.807, 2.05) is 24.3 Å². The lowest BCUT2D eigenvalue weighted by Crippen LogP contribution is -2.17. The Kier molecular flexibility index (Phi) is 3.87. The third-order valence-electron chi connectivity index (χ3n) is 3.28. The molecule has 0 unspecified atom stereocenters. The summed E-state index contributed by atoms with van der Waals surface area (Å²) in [5.41, 5.74) is 3.12. The maximum Gasteiger partial charge on any atom is 0.371 e. The third kappa shape index (κ3) is 2.89. The molecule has 7 nitrogen and oxygen atoms in total. The number of anilines is 1. The summed E-state index contributed by atoms with van der Waals surface area (Å²) in [6.45, 7) is 2.01. The average Bonchev–Trinajstić information content (AvgIpc) is 3.16. The number of hydrogen-bond donors (Lipinski definition) is 0. The zero-order chi connectivity index (χ0) is 14.7. The van der Waals surface area contributed by atoms with E-state index < -0.39 is 4.92 Å². The molecule has 1 aromatic heterocycles. The molecule has 0 bridgehead atoms. The van der Waals surface area contributed by atoms with Crippen molar-refractivity contribution in [2.75, 3.05) is 18.0 Å². The zero-order valence-electron chi connectivity index (χ0n) is 11.2. The van der Waals surface area contributed by atoms with Gasteiger partial charge in [0.25, 0.3) is 5.82 Å². The fraction of sp³-hybridized carbons (Fsp3) is 0.308. The normalized spacial score (nSPS) is 15.0. The minimum atomic E-state index is -0.488. The average molecular weight is 303 g/mol. The highest BCUT2D eigenvalue weighted by molar-refractivity contribution is 7.13. The summed E-state index contributed by atoms with van der Waals surface area (Å²) in [6.07, 6.45) is 2.34. The maximum absolute atomic E-state index is 10.8. The maximum atomic E-state index is 10.8. The molecule has 1 aliphatic rings. The minimum absolute atomic E-state index is 0.0567. The SMILES string of the molecule is O=[N+]([O-])c1scnc1N=Nc1ccccc1N1CCCC1. The summed E-state index contributed by atoms with van der Waals surface area (Å²) < 4.78 is 0. The lowest BCUT2D eigenvalue weighted by atomic mass is 10.2. The summed E-state index contributed by atoms with van der Waals surface area (Å²) in [5.74, 6) is 0.0567. The molecule has 21 heavy (non-hydrogen) atoms. The van der Waals surface area contributed by atoms with Gasteiger partial charge < -0.3 is 4.90 Å². The van der Waals surface area contributed by atoms with E-state index in [2.05, 4.69) is 20.1 Å². The van der Waals surface area contributed by atoms with Crippen LogP contribution in [-0.4, -0.2) is 23.0 Å². The van der Waals surface area contributed by atoms with Gasteiger partial charge in [-0.25, -0.2) is 4.98 Å². The van der Waals surface area contributed by atoms with Crippen molar-refractivity contribution in [2.45, 2.75) is 12.8 Å². The summed E-state index contributed by atoms with van der Waals surface area (Å²) in [4.78, 5) is 16.5. The summed E-state index contributed by atoms with van der Waals surface area (Å²) in [6, 6.07) is 7.69. The van der Waals surface area contributed by atoms with Crippen LogP contribution >= 0.6 is 11.3 Å². The topological polar surface area (TPSA) is 84.0 Å². The number of para-hydroxylation sites is 1. The van der Waals surface area contributed by atoms with E-state index in [0.29, 0.717) is 5.69 Å². The number of benzene rings is 1. The van der Waals surface area contributed by atoms with Crippen molar-refractivity contribution in [3.8, 4) is 0 Å². The van der Waals surface area contributed by atoms with Gasteiger partial charge in [0.05, 0.1) is 16.1 Å². The Morgan fingerprint density at radius 3 is 2.76 bits per heavy atom. The van der Waals surface area contributed by atoms with Crippen LogP contribution in [0.2, 0.25) is 0 Å². The van der Waals surface area contributed by atoms with Crippen molar-refractivity contribution in [1.29, 1.82) is 0 Å². The number of azo groups is 1. The molecule has 108 valence electrons. The van der Waals surface area contributed by atoms with Gasteiger partial charge >= 0.3 is 5.00 Å². The number of nitro groups is 1. The third-order valence-corrected chi connectivity index (χ3v) is 4.04. The molecule has 2 heterocycles. The van der Waals surface area contributed by atoms with Crippen molar-refractivity contribution in [3.05, 3.63) is 39.9 Å². The van der Waals surface area contributed by atoms with Crippen LogP contribution in [0.3, 0.4) is 0 Å². The summed E-state index contributed by atoms with van der Waals surface area (Å²) in [5, 5.41) is 18.9.